The minimum absolute atomic E-state index is 0.107. The maximum atomic E-state index is 12.8. The van der Waals surface area contributed by atoms with Crippen LogP contribution in [0.2, 0.25) is 0 Å². The van der Waals surface area contributed by atoms with Crippen molar-refractivity contribution >= 4 is 17.9 Å². The standard InChI is InChI=1S/C69H118O6/c1-4-7-10-13-16-19-22-25-26-27-28-29-30-31-32-33-34-35-36-37-38-39-40-41-42-45-47-50-53-56-59-62-68(71)74-65-66(75-69(72)63-60-57-54-51-48-44-24-21-18-15-12-9-6-3)64-73-67(70)61-58-55-52-49-46-43-23-20-17-14-11-8-5-2/h9,12,18,20-23,25,27-28,30-31,44,48,54,57,66H,4-8,10-11,13-17,19,24,26,29,32-43,45-47,49-53,55-56,58-65H2,1-3H3/b12-9-,21-18-,23-20-,25-22-,28-27-,31-30-,48-44-,57-54-. The lowest BCUT2D eigenvalue weighted by atomic mass is 10.0. The van der Waals surface area contributed by atoms with Crippen molar-refractivity contribution < 1.29 is 28.6 Å². The molecule has 0 aliphatic rings. The van der Waals surface area contributed by atoms with Crippen LogP contribution in [0.15, 0.2) is 97.2 Å². The minimum atomic E-state index is -0.818. The maximum absolute atomic E-state index is 12.8. The smallest absolute Gasteiger partial charge is 0.306 e. The third-order valence-corrected chi connectivity index (χ3v) is 13.6. The SMILES string of the molecule is CC/C=C\C/C=C\C/C=C\C/C=C\CCC(=O)OC(COC(=O)CCCCCCC/C=C\CCCCCC)COC(=O)CCCCCCCCCCCCCCCCCC/C=C\C/C=C\C/C=C\CCCCCCC. The summed E-state index contributed by atoms with van der Waals surface area (Å²) in [6, 6.07) is 0. The normalized spacial score (nSPS) is 12.7. The molecule has 0 N–H and O–H groups in total. The molecule has 6 nitrogen and oxygen atoms in total. The molecule has 0 bridgehead atoms. The minimum Gasteiger partial charge on any atom is -0.462 e. The van der Waals surface area contributed by atoms with Crippen molar-refractivity contribution in [2.45, 2.75) is 309 Å². The molecule has 6 heteroatoms. The van der Waals surface area contributed by atoms with Gasteiger partial charge in [0.1, 0.15) is 13.2 Å². The fourth-order valence-electron chi connectivity index (χ4n) is 8.81. The molecule has 0 amide bonds. The number of carbonyl (C=O) groups is 3. The second-order valence-electron chi connectivity index (χ2n) is 20.9. The molecule has 1 unspecified atom stereocenters. The van der Waals surface area contributed by atoms with Crippen LogP contribution in [0.3, 0.4) is 0 Å². The van der Waals surface area contributed by atoms with Crippen LogP contribution in [0, 0.1) is 0 Å². The highest BCUT2D eigenvalue weighted by molar-refractivity contribution is 5.71. The van der Waals surface area contributed by atoms with E-state index in [1.165, 1.54) is 167 Å². The highest BCUT2D eigenvalue weighted by Gasteiger charge is 2.19. The maximum Gasteiger partial charge on any atom is 0.306 e. The lowest BCUT2D eigenvalue weighted by molar-refractivity contribution is -0.166. The van der Waals surface area contributed by atoms with Gasteiger partial charge in [-0.2, -0.15) is 0 Å². The predicted molar refractivity (Wildman–Crippen MR) is 325 cm³/mol. The van der Waals surface area contributed by atoms with Crippen LogP contribution < -0.4 is 0 Å². The molecule has 0 radical (unpaired) electrons. The molecule has 0 heterocycles. The van der Waals surface area contributed by atoms with Gasteiger partial charge >= 0.3 is 17.9 Å². The van der Waals surface area contributed by atoms with Gasteiger partial charge in [0, 0.05) is 19.3 Å². The molecule has 0 aliphatic carbocycles. The number of rotatable bonds is 57. The number of ether oxygens (including phenoxy) is 3. The number of hydrogen-bond donors (Lipinski definition) is 0. The molecule has 0 aromatic rings. The quantitative estimate of drug-likeness (QED) is 0.0261. The first-order valence-electron chi connectivity index (χ1n) is 31.7. The Bertz CT molecular complexity index is 1480. The molecule has 0 spiro atoms. The summed E-state index contributed by atoms with van der Waals surface area (Å²) in [5, 5.41) is 0. The van der Waals surface area contributed by atoms with Gasteiger partial charge in [0.25, 0.3) is 0 Å². The lowest BCUT2D eigenvalue weighted by Gasteiger charge is -2.18. The van der Waals surface area contributed by atoms with E-state index in [0.29, 0.717) is 19.3 Å². The van der Waals surface area contributed by atoms with E-state index < -0.39 is 12.1 Å². The summed E-state index contributed by atoms with van der Waals surface area (Å²) in [6.45, 7) is 6.44. The monoisotopic (exact) mass is 1040 g/mol. The van der Waals surface area contributed by atoms with E-state index in [9.17, 15) is 14.4 Å². The molecule has 0 rings (SSSR count). The average molecular weight is 1040 g/mol. The van der Waals surface area contributed by atoms with Gasteiger partial charge in [-0.1, -0.05) is 272 Å². The lowest BCUT2D eigenvalue weighted by Crippen LogP contribution is -2.30. The van der Waals surface area contributed by atoms with E-state index >= 15 is 0 Å². The Morgan fingerprint density at radius 3 is 0.893 bits per heavy atom. The van der Waals surface area contributed by atoms with Crippen LogP contribution in [-0.2, 0) is 28.6 Å². The molecular weight excluding hydrogens is 925 g/mol. The average Bonchev–Trinajstić information content (AvgIpc) is 3.41. The molecule has 0 aromatic carbocycles. The Kier molecular flexibility index (Phi) is 59.8. The third kappa shape index (κ3) is 61.1. The Hall–Kier alpha value is -3.67. The summed E-state index contributed by atoms with van der Waals surface area (Å²) in [5.74, 6) is -0.993. The van der Waals surface area contributed by atoms with Crippen LogP contribution in [0.1, 0.15) is 303 Å². The summed E-state index contributed by atoms with van der Waals surface area (Å²) in [5.41, 5.74) is 0. The number of esters is 3. The Morgan fingerprint density at radius 1 is 0.280 bits per heavy atom. The first kappa shape index (κ1) is 71.3. The van der Waals surface area contributed by atoms with E-state index in [1.54, 1.807) is 0 Å². The van der Waals surface area contributed by atoms with E-state index in [4.69, 9.17) is 14.2 Å². The summed E-state index contributed by atoms with van der Waals surface area (Å²) >= 11 is 0. The molecule has 1 atom stereocenters. The van der Waals surface area contributed by atoms with Crippen molar-refractivity contribution in [2.75, 3.05) is 13.2 Å². The van der Waals surface area contributed by atoms with Gasteiger partial charge in [-0.3, -0.25) is 14.4 Å². The van der Waals surface area contributed by atoms with Gasteiger partial charge in [-0.05, 0) is 109 Å². The molecule has 0 saturated carbocycles. The first-order chi connectivity index (χ1) is 37.0. The first-order valence-corrected chi connectivity index (χ1v) is 31.7. The fraction of sp³-hybridized carbons (Fsp3) is 0.725. The summed E-state index contributed by atoms with van der Waals surface area (Å²) in [4.78, 5) is 38.1. The van der Waals surface area contributed by atoms with Crippen molar-refractivity contribution in [1.29, 1.82) is 0 Å². The Balaban J connectivity index is 4.19. The zero-order valence-electron chi connectivity index (χ0n) is 49.3. The van der Waals surface area contributed by atoms with Gasteiger partial charge in [-0.15, -0.1) is 0 Å². The molecule has 0 fully saturated rings. The Labute approximate surface area is 464 Å². The van der Waals surface area contributed by atoms with Gasteiger partial charge in [0.15, 0.2) is 6.10 Å². The number of carbonyl (C=O) groups excluding carboxylic acids is 3. The van der Waals surface area contributed by atoms with Crippen molar-refractivity contribution in [3.63, 3.8) is 0 Å². The fourth-order valence-corrected chi connectivity index (χ4v) is 8.81. The summed E-state index contributed by atoms with van der Waals surface area (Å²) < 4.78 is 16.8. The van der Waals surface area contributed by atoms with E-state index in [0.717, 1.165) is 89.9 Å². The van der Waals surface area contributed by atoms with Gasteiger partial charge in [0.05, 0.1) is 0 Å². The summed E-state index contributed by atoms with van der Waals surface area (Å²) in [7, 11) is 0. The van der Waals surface area contributed by atoms with E-state index in [-0.39, 0.29) is 31.6 Å². The van der Waals surface area contributed by atoms with Crippen molar-refractivity contribution in [3.05, 3.63) is 97.2 Å². The third-order valence-electron chi connectivity index (χ3n) is 13.6. The van der Waals surface area contributed by atoms with Gasteiger partial charge < -0.3 is 14.2 Å². The second-order valence-corrected chi connectivity index (χ2v) is 20.9. The van der Waals surface area contributed by atoms with Crippen molar-refractivity contribution in [1.82, 2.24) is 0 Å². The van der Waals surface area contributed by atoms with Crippen LogP contribution in [0.5, 0.6) is 0 Å². The molecule has 0 aromatic heterocycles. The highest BCUT2D eigenvalue weighted by Crippen LogP contribution is 2.16. The predicted octanol–water partition coefficient (Wildman–Crippen LogP) is 21.7. The van der Waals surface area contributed by atoms with Gasteiger partial charge in [-0.25, -0.2) is 0 Å². The topological polar surface area (TPSA) is 78.9 Å². The zero-order valence-corrected chi connectivity index (χ0v) is 49.3. The number of hydrogen-bond acceptors (Lipinski definition) is 6. The van der Waals surface area contributed by atoms with E-state index in [1.807, 2.05) is 12.2 Å². The highest BCUT2D eigenvalue weighted by atomic mass is 16.6. The Morgan fingerprint density at radius 2 is 0.547 bits per heavy atom. The molecule has 0 saturated heterocycles. The van der Waals surface area contributed by atoms with Crippen molar-refractivity contribution in [2.24, 2.45) is 0 Å². The van der Waals surface area contributed by atoms with E-state index in [2.05, 4.69) is 106 Å². The molecule has 75 heavy (non-hydrogen) atoms. The van der Waals surface area contributed by atoms with Crippen LogP contribution in [-0.4, -0.2) is 37.2 Å². The largest absolute Gasteiger partial charge is 0.462 e. The number of allylic oxidation sites excluding steroid dienone is 16. The van der Waals surface area contributed by atoms with Gasteiger partial charge in [0.2, 0.25) is 0 Å². The zero-order chi connectivity index (χ0) is 54.3. The molecular formula is C69H118O6. The van der Waals surface area contributed by atoms with Crippen LogP contribution >= 0.6 is 0 Å². The van der Waals surface area contributed by atoms with Crippen LogP contribution in [0.4, 0.5) is 0 Å². The molecule has 430 valence electrons. The summed E-state index contributed by atoms with van der Waals surface area (Å²) in [6.07, 6.45) is 84.5. The number of unbranched alkanes of at least 4 members (excludes halogenated alkanes) is 30. The molecule has 0 aliphatic heterocycles. The van der Waals surface area contributed by atoms with Crippen LogP contribution in [0.25, 0.3) is 0 Å². The van der Waals surface area contributed by atoms with Crippen molar-refractivity contribution in [3.8, 4) is 0 Å². The second kappa shape index (κ2) is 62.9.